The van der Waals surface area contributed by atoms with Crippen LogP contribution >= 0.6 is 0 Å². The van der Waals surface area contributed by atoms with Gasteiger partial charge in [-0.05, 0) is 48.9 Å². The van der Waals surface area contributed by atoms with Gasteiger partial charge in [-0.25, -0.2) is 9.69 Å². The Bertz CT molecular complexity index is 1130. The molecule has 2 aliphatic carbocycles. The number of nitrogens with zero attached hydrogens (tertiary/aromatic N) is 1. The van der Waals surface area contributed by atoms with Crippen molar-refractivity contribution >= 4 is 29.4 Å². The van der Waals surface area contributed by atoms with Gasteiger partial charge in [0.05, 0.1) is 29.1 Å². The van der Waals surface area contributed by atoms with Crippen LogP contribution in [0.1, 0.15) is 35.3 Å². The van der Waals surface area contributed by atoms with Crippen molar-refractivity contribution in [3.05, 3.63) is 77.9 Å². The van der Waals surface area contributed by atoms with Gasteiger partial charge in [0.15, 0.2) is 6.61 Å². The van der Waals surface area contributed by atoms with Crippen LogP contribution in [0.4, 0.5) is 5.69 Å². The third-order valence-electron chi connectivity index (χ3n) is 6.82. The number of esters is 1. The molecule has 0 radical (unpaired) electrons. The fourth-order valence-electron chi connectivity index (χ4n) is 5.25. The van der Waals surface area contributed by atoms with Gasteiger partial charge in [0.1, 0.15) is 0 Å². The number of anilines is 1. The van der Waals surface area contributed by atoms with Gasteiger partial charge in [-0.1, -0.05) is 48.6 Å². The normalized spacial score (nSPS) is 25.8. The number of fused-ring (bicyclic) bond motifs is 5. The third-order valence-corrected chi connectivity index (χ3v) is 6.82. The molecule has 0 spiro atoms. The number of hydrogen-bond acceptors (Lipinski definition) is 5. The predicted octanol–water partition coefficient (Wildman–Crippen LogP) is 3.03. The Morgan fingerprint density at radius 2 is 1.67 bits per heavy atom. The summed E-state index contributed by atoms with van der Waals surface area (Å²) in [5.41, 5.74) is 1.48. The lowest BCUT2D eigenvalue weighted by Gasteiger charge is -2.18. The van der Waals surface area contributed by atoms with Gasteiger partial charge in [-0.15, -0.1) is 0 Å². The Labute approximate surface area is 191 Å². The number of amides is 3. The molecule has 1 heterocycles. The molecule has 1 aliphatic heterocycles. The minimum atomic E-state index is -0.694. The largest absolute Gasteiger partial charge is 0.452 e. The Hall–Kier alpha value is -3.74. The molecule has 7 nitrogen and oxygen atoms in total. The lowest BCUT2D eigenvalue weighted by molar-refractivity contribution is -0.125. The van der Waals surface area contributed by atoms with E-state index in [0.29, 0.717) is 5.69 Å². The molecule has 2 bridgehead atoms. The molecule has 0 aromatic heterocycles. The summed E-state index contributed by atoms with van der Waals surface area (Å²) in [6, 6.07) is 15.5. The third kappa shape index (κ3) is 3.73. The lowest BCUT2D eigenvalue weighted by Crippen LogP contribution is -2.33. The fourth-order valence-corrected chi connectivity index (χ4v) is 5.25. The SMILES string of the molecule is C[C@@H](NC(=O)COC(=O)c1cccc(N2C(=O)[C@@H]3[C@H](C2=O)[C@H]2C=C[C@H]3C2)c1)c1ccccc1. The van der Waals surface area contributed by atoms with Gasteiger partial charge in [0.25, 0.3) is 5.91 Å². The highest BCUT2D eigenvalue weighted by Gasteiger charge is 2.59. The van der Waals surface area contributed by atoms with Gasteiger partial charge in [0.2, 0.25) is 11.8 Å². The zero-order chi connectivity index (χ0) is 23.1. The van der Waals surface area contributed by atoms with Crippen molar-refractivity contribution in [2.24, 2.45) is 23.7 Å². The molecule has 1 saturated carbocycles. The van der Waals surface area contributed by atoms with Crippen LogP contribution in [0.25, 0.3) is 0 Å². The Balaban J connectivity index is 1.22. The van der Waals surface area contributed by atoms with Crippen molar-refractivity contribution in [3.8, 4) is 0 Å². The van der Waals surface area contributed by atoms with Gasteiger partial charge in [-0.3, -0.25) is 14.4 Å². The number of rotatable bonds is 6. The van der Waals surface area contributed by atoms with Crippen LogP contribution in [-0.2, 0) is 19.1 Å². The first-order chi connectivity index (χ1) is 15.9. The average Bonchev–Trinajstić information content (AvgIpc) is 3.51. The first kappa shape index (κ1) is 21.1. The highest BCUT2D eigenvalue weighted by molar-refractivity contribution is 6.23. The number of benzene rings is 2. The summed E-state index contributed by atoms with van der Waals surface area (Å²) in [4.78, 5) is 52.0. The van der Waals surface area contributed by atoms with Crippen LogP contribution in [-0.4, -0.2) is 30.3 Å². The van der Waals surface area contributed by atoms with Gasteiger partial charge in [0, 0.05) is 0 Å². The molecule has 3 amide bonds. The zero-order valence-electron chi connectivity index (χ0n) is 18.1. The number of hydrogen-bond donors (Lipinski definition) is 1. The predicted molar refractivity (Wildman–Crippen MR) is 120 cm³/mol. The quantitative estimate of drug-likeness (QED) is 0.420. The maximum atomic E-state index is 13.0. The average molecular weight is 444 g/mol. The number of carbonyl (C=O) groups is 4. The molecule has 2 aromatic carbocycles. The second-order valence-corrected chi connectivity index (χ2v) is 8.84. The van der Waals surface area contributed by atoms with E-state index in [0.717, 1.165) is 12.0 Å². The summed E-state index contributed by atoms with van der Waals surface area (Å²) in [6.45, 7) is 1.42. The Morgan fingerprint density at radius 3 is 2.33 bits per heavy atom. The Morgan fingerprint density at radius 1 is 1.00 bits per heavy atom. The summed E-state index contributed by atoms with van der Waals surface area (Å²) < 4.78 is 5.17. The van der Waals surface area contributed by atoms with Crippen LogP contribution in [0.2, 0.25) is 0 Å². The number of ether oxygens (including phenoxy) is 1. The van der Waals surface area contributed by atoms with E-state index in [2.05, 4.69) is 5.32 Å². The second-order valence-electron chi connectivity index (χ2n) is 8.84. The van der Waals surface area contributed by atoms with Crippen LogP contribution in [0, 0.1) is 23.7 Å². The molecule has 33 heavy (non-hydrogen) atoms. The second kappa shape index (κ2) is 8.31. The first-order valence-electron chi connectivity index (χ1n) is 11.1. The lowest BCUT2D eigenvalue weighted by atomic mass is 9.85. The minimum Gasteiger partial charge on any atom is -0.452 e. The summed E-state index contributed by atoms with van der Waals surface area (Å²) in [7, 11) is 0. The molecule has 168 valence electrons. The monoisotopic (exact) mass is 444 g/mol. The van der Waals surface area contributed by atoms with Gasteiger partial charge in [-0.2, -0.15) is 0 Å². The van der Waals surface area contributed by atoms with Crippen molar-refractivity contribution in [1.29, 1.82) is 0 Å². The van der Waals surface area contributed by atoms with Crippen molar-refractivity contribution in [3.63, 3.8) is 0 Å². The van der Waals surface area contributed by atoms with Crippen molar-refractivity contribution in [2.45, 2.75) is 19.4 Å². The standard InChI is InChI=1S/C26H24N2O5/c1-15(16-6-3-2-4-7-16)27-21(29)14-33-26(32)19-8-5-9-20(13-19)28-24(30)22-17-10-11-18(12-17)23(22)25(28)31/h2-11,13,15,17-18,22-23H,12,14H2,1H3,(H,27,29)/t15-,17+,18+,22-,23+/m1/s1. The summed E-state index contributed by atoms with van der Waals surface area (Å²) in [5.74, 6) is -1.91. The highest BCUT2D eigenvalue weighted by Crippen LogP contribution is 2.53. The summed E-state index contributed by atoms with van der Waals surface area (Å²) in [6.07, 6.45) is 4.94. The van der Waals surface area contributed by atoms with Gasteiger partial charge >= 0.3 is 5.97 Å². The molecular weight excluding hydrogens is 420 g/mol. The molecule has 2 fully saturated rings. The van der Waals surface area contributed by atoms with E-state index in [1.54, 1.807) is 12.1 Å². The van der Waals surface area contributed by atoms with Crippen LogP contribution in [0.3, 0.4) is 0 Å². The molecule has 1 saturated heterocycles. The fraction of sp³-hybridized carbons (Fsp3) is 0.308. The van der Waals surface area contributed by atoms with E-state index in [4.69, 9.17) is 4.74 Å². The molecule has 2 aromatic rings. The topological polar surface area (TPSA) is 92.8 Å². The molecular formula is C26H24N2O5. The minimum absolute atomic E-state index is 0.117. The van der Waals surface area contributed by atoms with E-state index in [-0.39, 0.29) is 47.1 Å². The summed E-state index contributed by atoms with van der Waals surface area (Å²) >= 11 is 0. The van der Waals surface area contributed by atoms with Crippen molar-refractivity contribution in [1.82, 2.24) is 5.32 Å². The highest BCUT2D eigenvalue weighted by atomic mass is 16.5. The van der Waals surface area contributed by atoms with E-state index in [9.17, 15) is 19.2 Å². The number of imide groups is 1. The van der Waals surface area contributed by atoms with E-state index in [1.807, 2.05) is 49.4 Å². The molecule has 3 aliphatic rings. The molecule has 5 atom stereocenters. The van der Waals surface area contributed by atoms with Crippen LogP contribution < -0.4 is 10.2 Å². The maximum absolute atomic E-state index is 13.0. The summed E-state index contributed by atoms with van der Waals surface area (Å²) in [5, 5.41) is 2.79. The zero-order valence-corrected chi connectivity index (χ0v) is 18.1. The number of nitrogens with one attached hydrogen (secondary N) is 1. The molecule has 1 N–H and O–H groups in total. The molecule has 5 rings (SSSR count). The van der Waals surface area contributed by atoms with Crippen LogP contribution in [0.5, 0.6) is 0 Å². The van der Waals surface area contributed by atoms with Crippen molar-refractivity contribution in [2.75, 3.05) is 11.5 Å². The van der Waals surface area contributed by atoms with E-state index < -0.39 is 18.5 Å². The number of allylic oxidation sites excluding steroid dienone is 2. The smallest absolute Gasteiger partial charge is 0.338 e. The molecule has 0 unspecified atom stereocenters. The Kier molecular flexibility index (Phi) is 5.32. The maximum Gasteiger partial charge on any atom is 0.338 e. The molecule has 7 heteroatoms. The van der Waals surface area contributed by atoms with Crippen LogP contribution in [0.15, 0.2) is 66.7 Å². The van der Waals surface area contributed by atoms with Gasteiger partial charge < -0.3 is 10.1 Å². The van der Waals surface area contributed by atoms with E-state index in [1.165, 1.54) is 17.0 Å². The van der Waals surface area contributed by atoms with Crippen molar-refractivity contribution < 1.29 is 23.9 Å². The first-order valence-corrected chi connectivity index (χ1v) is 11.1. The van der Waals surface area contributed by atoms with E-state index >= 15 is 0 Å². The number of carbonyl (C=O) groups excluding carboxylic acids is 4.